The summed E-state index contributed by atoms with van der Waals surface area (Å²) in [5, 5.41) is 0. The number of nitrogens with zero attached hydrogens (tertiary/aromatic N) is 2. The van der Waals surface area contributed by atoms with Crippen molar-refractivity contribution in [3.8, 4) is 0 Å². The largest absolute Gasteiger partial charge is 0.378 e. The number of rotatable bonds is 4. The predicted octanol–water partition coefficient (Wildman–Crippen LogP) is 0.0469. The lowest BCUT2D eigenvalue weighted by atomic mass is 9.85. The van der Waals surface area contributed by atoms with E-state index >= 15 is 0 Å². The third-order valence-corrected chi connectivity index (χ3v) is 4.01. The van der Waals surface area contributed by atoms with Crippen LogP contribution in [0, 0.1) is 0 Å². The summed E-state index contributed by atoms with van der Waals surface area (Å²) in [6.45, 7) is 8.60. The summed E-state index contributed by atoms with van der Waals surface area (Å²) in [7, 11) is 0. The van der Waals surface area contributed by atoms with Gasteiger partial charge in [-0.15, -0.1) is 0 Å². The summed E-state index contributed by atoms with van der Waals surface area (Å²) in [6.07, 6.45) is 2.15. The van der Waals surface area contributed by atoms with Crippen molar-refractivity contribution in [1.82, 2.24) is 9.80 Å². The minimum atomic E-state index is -0.0612. The van der Waals surface area contributed by atoms with Crippen LogP contribution >= 0.6 is 0 Å². The van der Waals surface area contributed by atoms with Gasteiger partial charge in [-0.25, -0.2) is 0 Å². The second-order valence-electron chi connectivity index (χ2n) is 5.63. The Labute approximate surface area is 109 Å². The van der Waals surface area contributed by atoms with Crippen LogP contribution in [0.4, 0.5) is 0 Å². The van der Waals surface area contributed by atoms with Crippen LogP contribution in [0.15, 0.2) is 0 Å². The second-order valence-corrected chi connectivity index (χ2v) is 5.63. The quantitative estimate of drug-likeness (QED) is 0.771. The van der Waals surface area contributed by atoms with E-state index in [1.807, 2.05) is 11.8 Å². The minimum absolute atomic E-state index is 0.0448. The van der Waals surface area contributed by atoms with Gasteiger partial charge in [-0.3, -0.25) is 9.69 Å². The first-order valence-electron chi connectivity index (χ1n) is 6.95. The van der Waals surface area contributed by atoms with Gasteiger partial charge in [0.05, 0.1) is 19.3 Å². The highest BCUT2D eigenvalue weighted by molar-refractivity contribution is 5.81. The summed E-state index contributed by atoms with van der Waals surface area (Å²) in [4.78, 5) is 16.4. The van der Waals surface area contributed by atoms with Gasteiger partial charge >= 0.3 is 0 Å². The lowest BCUT2D eigenvalue weighted by Gasteiger charge is -2.50. The average Bonchev–Trinajstić information content (AvgIpc) is 2.35. The molecule has 1 unspecified atom stereocenters. The molecule has 2 N–H and O–H groups in total. The van der Waals surface area contributed by atoms with Gasteiger partial charge in [0.25, 0.3) is 0 Å². The first kappa shape index (κ1) is 13.8. The number of morpholine rings is 1. The van der Waals surface area contributed by atoms with Crippen molar-refractivity contribution in [2.45, 2.75) is 38.3 Å². The molecule has 0 spiro atoms. The first-order chi connectivity index (χ1) is 8.56. The SMILES string of the molecule is CCCC1(N)CN(C(C)C(=O)N2CCOCC2)C1. The van der Waals surface area contributed by atoms with Gasteiger partial charge in [0, 0.05) is 31.7 Å². The molecule has 2 aliphatic heterocycles. The molecule has 1 atom stereocenters. The summed E-state index contributed by atoms with van der Waals surface area (Å²) in [5.41, 5.74) is 6.17. The molecule has 0 aromatic rings. The Bertz CT molecular complexity index is 297. The van der Waals surface area contributed by atoms with Gasteiger partial charge in [0.1, 0.15) is 0 Å². The smallest absolute Gasteiger partial charge is 0.239 e. The molecule has 2 rings (SSSR count). The van der Waals surface area contributed by atoms with Gasteiger partial charge in [0.2, 0.25) is 5.91 Å². The van der Waals surface area contributed by atoms with Crippen LogP contribution in [0.1, 0.15) is 26.7 Å². The van der Waals surface area contributed by atoms with Crippen LogP contribution < -0.4 is 5.73 Å². The first-order valence-corrected chi connectivity index (χ1v) is 6.95. The molecule has 104 valence electrons. The summed E-state index contributed by atoms with van der Waals surface area (Å²) >= 11 is 0. The number of carbonyl (C=O) groups is 1. The molecule has 0 aliphatic carbocycles. The monoisotopic (exact) mass is 255 g/mol. The Kier molecular flexibility index (Phi) is 4.25. The van der Waals surface area contributed by atoms with Crippen LogP contribution in [0.2, 0.25) is 0 Å². The fraction of sp³-hybridized carbons (Fsp3) is 0.923. The molecule has 2 heterocycles. The molecule has 2 fully saturated rings. The van der Waals surface area contributed by atoms with Gasteiger partial charge in [-0.2, -0.15) is 0 Å². The van der Waals surface area contributed by atoms with Crippen molar-refractivity contribution in [2.75, 3.05) is 39.4 Å². The number of amides is 1. The number of carbonyl (C=O) groups excluding carboxylic acids is 1. The fourth-order valence-electron chi connectivity index (χ4n) is 2.90. The van der Waals surface area contributed by atoms with Crippen molar-refractivity contribution < 1.29 is 9.53 Å². The maximum Gasteiger partial charge on any atom is 0.239 e. The van der Waals surface area contributed by atoms with E-state index in [0.717, 1.165) is 39.0 Å². The maximum atomic E-state index is 12.3. The molecule has 2 aliphatic rings. The number of likely N-dealkylation sites (tertiary alicyclic amines) is 1. The number of hydrogen-bond donors (Lipinski definition) is 1. The minimum Gasteiger partial charge on any atom is -0.378 e. The Morgan fingerprint density at radius 3 is 2.56 bits per heavy atom. The van der Waals surface area contributed by atoms with Crippen LogP contribution in [-0.2, 0) is 9.53 Å². The highest BCUT2D eigenvalue weighted by atomic mass is 16.5. The third-order valence-electron chi connectivity index (χ3n) is 4.01. The summed E-state index contributed by atoms with van der Waals surface area (Å²) in [5.74, 6) is 0.219. The van der Waals surface area contributed by atoms with E-state index in [4.69, 9.17) is 10.5 Å². The van der Waals surface area contributed by atoms with Gasteiger partial charge < -0.3 is 15.4 Å². The molecule has 5 heteroatoms. The molecule has 1 amide bonds. The standard InChI is InChI=1S/C13H25N3O2/c1-3-4-13(14)9-16(10-13)11(2)12(17)15-5-7-18-8-6-15/h11H,3-10,14H2,1-2H3. The molecular weight excluding hydrogens is 230 g/mol. The Hall–Kier alpha value is -0.650. The van der Waals surface area contributed by atoms with E-state index in [9.17, 15) is 4.79 Å². The van der Waals surface area contributed by atoms with E-state index in [2.05, 4.69) is 11.8 Å². The van der Waals surface area contributed by atoms with Crippen LogP contribution in [0.5, 0.6) is 0 Å². The van der Waals surface area contributed by atoms with Gasteiger partial charge in [-0.05, 0) is 13.3 Å². The van der Waals surface area contributed by atoms with Crippen molar-refractivity contribution >= 4 is 5.91 Å². The zero-order chi connectivity index (χ0) is 13.2. The normalized spacial score (nSPS) is 25.6. The van der Waals surface area contributed by atoms with Gasteiger partial charge in [-0.1, -0.05) is 13.3 Å². The fourth-order valence-corrected chi connectivity index (χ4v) is 2.90. The van der Waals surface area contributed by atoms with Crippen LogP contribution in [0.3, 0.4) is 0 Å². The molecular formula is C13H25N3O2. The highest BCUT2D eigenvalue weighted by Crippen LogP contribution is 2.25. The van der Waals surface area contributed by atoms with Crippen LogP contribution in [0.25, 0.3) is 0 Å². The number of hydrogen-bond acceptors (Lipinski definition) is 4. The number of ether oxygens (including phenoxy) is 1. The Morgan fingerprint density at radius 1 is 1.39 bits per heavy atom. The predicted molar refractivity (Wildman–Crippen MR) is 70.3 cm³/mol. The third kappa shape index (κ3) is 2.84. The zero-order valence-corrected chi connectivity index (χ0v) is 11.5. The van der Waals surface area contributed by atoms with E-state index in [1.54, 1.807) is 0 Å². The average molecular weight is 255 g/mol. The lowest BCUT2D eigenvalue weighted by Crippen LogP contribution is -2.70. The van der Waals surface area contributed by atoms with E-state index in [0.29, 0.717) is 13.2 Å². The number of nitrogens with two attached hydrogens (primary N) is 1. The molecule has 5 nitrogen and oxygen atoms in total. The maximum absolute atomic E-state index is 12.3. The summed E-state index contributed by atoms with van der Waals surface area (Å²) < 4.78 is 5.27. The van der Waals surface area contributed by atoms with Gasteiger partial charge in [0.15, 0.2) is 0 Å². The Balaban J connectivity index is 1.81. The van der Waals surface area contributed by atoms with Crippen molar-refractivity contribution in [3.05, 3.63) is 0 Å². The van der Waals surface area contributed by atoms with E-state index in [-0.39, 0.29) is 17.5 Å². The second kappa shape index (κ2) is 5.55. The Morgan fingerprint density at radius 2 is 2.00 bits per heavy atom. The lowest BCUT2D eigenvalue weighted by molar-refractivity contribution is -0.143. The summed E-state index contributed by atoms with van der Waals surface area (Å²) in [6, 6.07) is -0.0448. The highest BCUT2D eigenvalue weighted by Gasteiger charge is 2.43. The van der Waals surface area contributed by atoms with E-state index in [1.165, 1.54) is 0 Å². The molecule has 0 aromatic carbocycles. The van der Waals surface area contributed by atoms with Crippen molar-refractivity contribution in [1.29, 1.82) is 0 Å². The van der Waals surface area contributed by atoms with Crippen molar-refractivity contribution in [2.24, 2.45) is 5.73 Å². The molecule has 0 radical (unpaired) electrons. The van der Waals surface area contributed by atoms with Crippen molar-refractivity contribution in [3.63, 3.8) is 0 Å². The molecule has 0 aromatic heterocycles. The van der Waals surface area contributed by atoms with E-state index < -0.39 is 0 Å². The zero-order valence-electron chi connectivity index (χ0n) is 11.5. The molecule has 0 saturated carbocycles. The molecule has 18 heavy (non-hydrogen) atoms. The van der Waals surface area contributed by atoms with Crippen LogP contribution in [-0.4, -0.2) is 66.7 Å². The molecule has 0 bridgehead atoms. The molecule has 2 saturated heterocycles. The topological polar surface area (TPSA) is 58.8 Å².